The number of ether oxygens (including phenoxy) is 1. The number of carboxylic acids is 1. The fraction of sp³-hybridized carbons (Fsp3) is 0.571. The van der Waals surface area contributed by atoms with Crippen molar-refractivity contribution in [2.24, 2.45) is 23.7 Å². The molecule has 2 amide bonds. The molecule has 2 bridgehead atoms. The normalized spacial score (nSPS) is 29.4. The van der Waals surface area contributed by atoms with Crippen LogP contribution in [0.5, 0.6) is 0 Å². The third-order valence-electron chi connectivity index (χ3n) is 6.49. The van der Waals surface area contributed by atoms with Crippen LogP contribution in [-0.2, 0) is 14.3 Å². The summed E-state index contributed by atoms with van der Waals surface area (Å²) >= 11 is 0. The van der Waals surface area contributed by atoms with Crippen LogP contribution in [0, 0.1) is 23.7 Å². The average Bonchev–Trinajstić information content (AvgIpc) is 2.74. The van der Waals surface area contributed by atoms with Gasteiger partial charge in [0.25, 0.3) is 5.91 Å². The van der Waals surface area contributed by atoms with Crippen molar-refractivity contribution >= 4 is 23.5 Å². The predicted octanol–water partition coefficient (Wildman–Crippen LogP) is 0.900. The minimum atomic E-state index is -1.11. The van der Waals surface area contributed by atoms with Gasteiger partial charge in [-0.15, -0.1) is 0 Å². The van der Waals surface area contributed by atoms with Gasteiger partial charge in [0.15, 0.2) is 0 Å². The smallest absolute Gasteiger partial charge is 0.254 e. The molecule has 0 spiro atoms. The molecular formula is C21H25N2O5-. The van der Waals surface area contributed by atoms with Gasteiger partial charge in [-0.05, 0) is 61.8 Å². The van der Waals surface area contributed by atoms with Crippen LogP contribution in [0.15, 0.2) is 24.3 Å². The van der Waals surface area contributed by atoms with E-state index in [1.807, 2.05) is 0 Å². The molecule has 0 unspecified atom stereocenters. The van der Waals surface area contributed by atoms with E-state index in [9.17, 15) is 19.5 Å². The van der Waals surface area contributed by atoms with Crippen molar-refractivity contribution in [1.82, 2.24) is 4.90 Å². The molecule has 7 nitrogen and oxygen atoms in total. The first kappa shape index (κ1) is 18.9. The van der Waals surface area contributed by atoms with Gasteiger partial charge < -0.3 is 24.9 Å². The first-order chi connectivity index (χ1) is 13.5. The highest BCUT2D eigenvalue weighted by molar-refractivity contribution is 5.97. The molecule has 150 valence electrons. The SMILES string of the molecule is O=C([O-])[C@@H]1C2CCC(CC2)[C@@H]1C(=O)Nc1ccc(C(=O)N2CCOCC2)cc1. The Morgan fingerprint density at radius 2 is 1.50 bits per heavy atom. The van der Waals surface area contributed by atoms with Gasteiger partial charge in [-0.25, -0.2) is 0 Å². The minimum absolute atomic E-state index is 0.0410. The molecule has 4 fully saturated rings. The molecule has 7 heteroatoms. The number of fused-ring (bicyclic) bond motifs is 3. The average molecular weight is 385 g/mol. The van der Waals surface area contributed by atoms with E-state index in [-0.39, 0.29) is 23.7 Å². The topological polar surface area (TPSA) is 98.8 Å². The third-order valence-corrected chi connectivity index (χ3v) is 6.49. The Hall–Kier alpha value is -2.41. The maximum atomic E-state index is 12.8. The number of rotatable bonds is 4. The fourth-order valence-corrected chi connectivity index (χ4v) is 5.04. The number of morpholine rings is 1. The summed E-state index contributed by atoms with van der Waals surface area (Å²) in [7, 11) is 0. The zero-order valence-electron chi connectivity index (χ0n) is 15.8. The van der Waals surface area contributed by atoms with E-state index in [1.54, 1.807) is 29.2 Å². The fourth-order valence-electron chi connectivity index (χ4n) is 5.04. The van der Waals surface area contributed by atoms with Crippen molar-refractivity contribution in [3.63, 3.8) is 0 Å². The maximum absolute atomic E-state index is 12.8. The Bertz CT molecular complexity index is 749. The number of amides is 2. The number of nitrogens with zero attached hydrogens (tertiary/aromatic N) is 1. The number of anilines is 1. The second-order valence-electron chi connectivity index (χ2n) is 8.02. The van der Waals surface area contributed by atoms with E-state index >= 15 is 0 Å². The lowest BCUT2D eigenvalue weighted by Gasteiger charge is -2.48. The molecule has 4 aliphatic rings. The molecular weight excluding hydrogens is 360 g/mol. The summed E-state index contributed by atoms with van der Waals surface area (Å²) < 4.78 is 5.26. The van der Waals surface area contributed by atoms with Gasteiger partial charge in [0.2, 0.25) is 5.91 Å². The molecule has 1 heterocycles. The lowest BCUT2D eigenvalue weighted by molar-refractivity contribution is -0.318. The van der Waals surface area contributed by atoms with Gasteiger partial charge >= 0.3 is 0 Å². The van der Waals surface area contributed by atoms with E-state index < -0.39 is 17.8 Å². The van der Waals surface area contributed by atoms with Crippen molar-refractivity contribution in [3.8, 4) is 0 Å². The lowest BCUT2D eigenvalue weighted by atomic mass is 9.58. The molecule has 1 saturated heterocycles. The standard InChI is InChI=1S/C21H26N2O5/c24-19(17-13-1-3-14(4-2-13)18(17)21(26)27)22-16-7-5-15(6-8-16)20(25)23-9-11-28-12-10-23/h5-8,13-14,17-18H,1-4,9-12H2,(H,22,24)(H,26,27)/p-1/t13?,14?,17-,18+/m0/s1. The second kappa shape index (κ2) is 7.91. The zero-order chi connectivity index (χ0) is 19.7. The quantitative estimate of drug-likeness (QED) is 0.830. The first-order valence-corrected chi connectivity index (χ1v) is 10.0. The van der Waals surface area contributed by atoms with Crippen LogP contribution in [0.25, 0.3) is 0 Å². The van der Waals surface area contributed by atoms with Gasteiger partial charge in [0.05, 0.1) is 13.2 Å². The highest BCUT2D eigenvalue weighted by atomic mass is 16.5. The van der Waals surface area contributed by atoms with Crippen LogP contribution in [0.1, 0.15) is 36.0 Å². The molecule has 1 N–H and O–H groups in total. The summed E-state index contributed by atoms with van der Waals surface area (Å²) in [5.74, 6) is -2.50. The van der Waals surface area contributed by atoms with Crippen LogP contribution in [0.3, 0.4) is 0 Å². The Balaban J connectivity index is 1.43. The molecule has 0 radical (unpaired) electrons. The molecule has 0 aromatic heterocycles. The van der Waals surface area contributed by atoms with Gasteiger partial charge in [0, 0.05) is 42.1 Å². The molecule has 1 aromatic carbocycles. The number of carbonyl (C=O) groups excluding carboxylic acids is 3. The van der Waals surface area contributed by atoms with Gasteiger partial charge in [-0.2, -0.15) is 0 Å². The maximum Gasteiger partial charge on any atom is 0.254 e. The van der Waals surface area contributed by atoms with Gasteiger partial charge in [-0.3, -0.25) is 9.59 Å². The largest absolute Gasteiger partial charge is 0.550 e. The van der Waals surface area contributed by atoms with Crippen molar-refractivity contribution in [2.45, 2.75) is 25.7 Å². The first-order valence-electron chi connectivity index (χ1n) is 10.0. The molecule has 1 aromatic rings. The third kappa shape index (κ3) is 3.63. The summed E-state index contributed by atoms with van der Waals surface area (Å²) in [6.45, 7) is 2.24. The Morgan fingerprint density at radius 3 is 2.07 bits per heavy atom. The monoisotopic (exact) mass is 385 g/mol. The van der Waals surface area contributed by atoms with Crippen molar-refractivity contribution in [2.75, 3.05) is 31.6 Å². The van der Waals surface area contributed by atoms with Crippen LogP contribution in [-0.4, -0.2) is 49.0 Å². The second-order valence-corrected chi connectivity index (χ2v) is 8.02. The molecule has 2 atom stereocenters. The predicted molar refractivity (Wildman–Crippen MR) is 99.2 cm³/mol. The highest BCUT2D eigenvalue weighted by Gasteiger charge is 2.47. The summed E-state index contributed by atoms with van der Waals surface area (Å²) in [4.78, 5) is 38.7. The summed E-state index contributed by atoms with van der Waals surface area (Å²) in [5.41, 5.74) is 1.13. The number of carbonyl (C=O) groups is 3. The van der Waals surface area contributed by atoms with Crippen LogP contribution in [0.4, 0.5) is 5.69 Å². The zero-order valence-corrected chi connectivity index (χ0v) is 15.8. The number of hydrogen-bond donors (Lipinski definition) is 1. The number of nitrogens with one attached hydrogen (secondary N) is 1. The number of aliphatic carboxylic acids is 1. The van der Waals surface area contributed by atoms with Crippen molar-refractivity contribution in [1.29, 1.82) is 0 Å². The van der Waals surface area contributed by atoms with E-state index in [0.29, 0.717) is 37.6 Å². The highest BCUT2D eigenvalue weighted by Crippen LogP contribution is 2.49. The Kier molecular flexibility index (Phi) is 5.35. The van der Waals surface area contributed by atoms with E-state index in [2.05, 4.69) is 5.32 Å². The van der Waals surface area contributed by atoms with Crippen LogP contribution >= 0.6 is 0 Å². The molecule has 1 aliphatic heterocycles. The van der Waals surface area contributed by atoms with Gasteiger partial charge in [0.1, 0.15) is 0 Å². The van der Waals surface area contributed by atoms with Crippen LogP contribution in [0.2, 0.25) is 0 Å². The van der Waals surface area contributed by atoms with Crippen molar-refractivity contribution in [3.05, 3.63) is 29.8 Å². The van der Waals surface area contributed by atoms with E-state index in [0.717, 1.165) is 25.7 Å². The molecule has 5 rings (SSSR count). The number of carboxylic acid groups (broad SMARTS) is 1. The van der Waals surface area contributed by atoms with E-state index in [4.69, 9.17) is 4.74 Å². The molecule has 3 saturated carbocycles. The molecule has 28 heavy (non-hydrogen) atoms. The Morgan fingerprint density at radius 1 is 0.929 bits per heavy atom. The summed E-state index contributed by atoms with van der Waals surface area (Å²) in [6, 6.07) is 6.77. The summed E-state index contributed by atoms with van der Waals surface area (Å²) in [6.07, 6.45) is 3.54. The van der Waals surface area contributed by atoms with E-state index in [1.165, 1.54) is 0 Å². The van der Waals surface area contributed by atoms with Crippen molar-refractivity contribution < 1.29 is 24.2 Å². The lowest BCUT2D eigenvalue weighted by Crippen LogP contribution is -2.52. The minimum Gasteiger partial charge on any atom is -0.550 e. The number of hydrogen-bond acceptors (Lipinski definition) is 5. The van der Waals surface area contributed by atoms with Crippen LogP contribution < -0.4 is 10.4 Å². The molecule has 3 aliphatic carbocycles. The van der Waals surface area contributed by atoms with Gasteiger partial charge in [-0.1, -0.05) is 0 Å². The number of benzene rings is 1. The Labute approximate surface area is 164 Å². The summed E-state index contributed by atoms with van der Waals surface area (Å²) in [5, 5.41) is 14.5.